The van der Waals surface area contributed by atoms with E-state index in [1.165, 1.54) is 23.4 Å². The number of rotatable bonds is 8. The Morgan fingerprint density at radius 2 is 1.81 bits per heavy atom. The van der Waals surface area contributed by atoms with Crippen LogP contribution in [-0.4, -0.2) is 36.3 Å². The molecule has 1 fully saturated rings. The normalized spacial score (nSPS) is 18.3. The lowest BCUT2D eigenvalue weighted by Crippen LogP contribution is -2.20. The van der Waals surface area contributed by atoms with E-state index >= 15 is 0 Å². The van der Waals surface area contributed by atoms with E-state index in [2.05, 4.69) is 26.1 Å². The molecule has 0 saturated carbocycles. The first kappa shape index (κ1) is 16.4. The Morgan fingerprint density at radius 1 is 1.10 bits per heavy atom. The number of aromatic nitrogens is 2. The minimum atomic E-state index is 0.396. The van der Waals surface area contributed by atoms with Gasteiger partial charge < -0.3 is 10.1 Å². The molecule has 0 aliphatic carbocycles. The summed E-state index contributed by atoms with van der Waals surface area (Å²) >= 11 is 0. The molecule has 1 unspecified atom stereocenters. The van der Waals surface area contributed by atoms with Crippen LogP contribution in [0.4, 0.5) is 0 Å². The Morgan fingerprint density at radius 3 is 2.33 bits per heavy atom. The van der Waals surface area contributed by atoms with E-state index in [-0.39, 0.29) is 0 Å². The first-order valence-electron chi connectivity index (χ1n) is 8.47. The molecule has 0 bridgehead atoms. The van der Waals surface area contributed by atoms with Crippen LogP contribution >= 0.6 is 0 Å². The monoisotopic (exact) mass is 291 g/mol. The highest BCUT2D eigenvalue weighted by Crippen LogP contribution is 2.24. The number of hydrogen-bond acceptors (Lipinski definition) is 4. The van der Waals surface area contributed by atoms with Crippen molar-refractivity contribution < 1.29 is 4.74 Å². The van der Waals surface area contributed by atoms with E-state index in [0.717, 1.165) is 57.8 Å². The van der Waals surface area contributed by atoms with Crippen molar-refractivity contribution in [3.05, 3.63) is 22.8 Å². The van der Waals surface area contributed by atoms with Gasteiger partial charge in [0.05, 0.1) is 6.61 Å². The van der Waals surface area contributed by atoms with Gasteiger partial charge in [0.15, 0.2) is 0 Å². The van der Waals surface area contributed by atoms with E-state index in [4.69, 9.17) is 14.7 Å². The molecular weight excluding hydrogens is 262 g/mol. The van der Waals surface area contributed by atoms with Gasteiger partial charge in [-0.3, -0.25) is 0 Å². The van der Waals surface area contributed by atoms with Crippen LogP contribution in [0, 0.1) is 0 Å². The number of aryl methyl sites for hydroxylation is 2. The summed E-state index contributed by atoms with van der Waals surface area (Å²) in [6.45, 7) is 10.3. The summed E-state index contributed by atoms with van der Waals surface area (Å²) in [5.74, 6) is 1.40. The predicted octanol–water partition coefficient (Wildman–Crippen LogP) is 2.65. The first-order chi connectivity index (χ1) is 10.3. The van der Waals surface area contributed by atoms with Gasteiger partial charge in [0.2, 0.25) is 0 Å². The summed E-state index contributed by atoms with van der Waals surface area (Å²) in [5, 5.41) is 3.48. The molecule has 1 atom stereocenters. The zero-order chi connectivity index (χ0) is 15.1. The highest BCUT2D eigenvalue weighted by atomic mass is 16.5. The highest BCUT2D eigenvalue weighted by Gasteiger charge is 2.22. The van der Waals surface area contributed by atoms with Gasteiger partial charge in [0.25, 0.3) is 0 Å². The Hall–Kier alpha value is -1.00. The van der Waals surface area contributed by atoms with Gasteiger partial charge in [-0.1, -0.05) is 20.8 Å². The SMILES string of the molecule is CCCNCCc1c(CC)nc(C2CCOC2)nc1CC. The lowest BCUT2D eigenvalue weighted by atomic mass is 10.0. The second kappa shape index (κ2) is 8.44. The average Bonchev–Trinajstić information content (AvgIpc) is 3.05. The fourth-order valence-corrected chi connectivity index (χ4v) is 2.91. The van der Waals surface area contributed by atoms with Gasteiger partial charge in [-0.15, -0.1) is 0 Å². The molecule has 2 heterocycles. The molecule has 0 spiro atoms. The molecule has 1 aromatic heterocycles. The minimum Gasteiger partial charge on any atom is -0.381 e. The third-order valence-electron chi connectivity index (χ3n) is 4.14. The Labute approximate surface area is 128 Å². The van der Waals surface area contributed by atoms with Crippen molar-refractivity contribution in [3.63, 3.8) is 0 Å². The second-order valence-electron chi connectivity index (χ2n) is 5.72. The summed E-state index contributed by atoms with van der Waals surface area (Å²) in [6.07, 6.45) is 5.24. The summed E-state index contributed by atoms with van der Waals surface area (Å²) in [6, 6.07) is 0. The highest BCUT2D eigenvalue weighted by molar-refractivity contribution is 5.28. The molecule has 1 aromatic rings. The number of hydrogen-bond donors (Lipinski definition) is 1. The van der Waals surface area contributed by atoms with Crippen molar-refractivity contribution in [3.8, 4) is 0 Å². The Bertz CT molecular complexity index is 417. The van der Waals surface area contributed by atoms with Crippen LogP contribution in [0.2, 0.25) is 0 Å². The molecule has 1 aliphatic heterocycles. The fourth-order valence-electron chi connectivity index (χ4n) is 2.91. The van der Waals surface area contributed by atoms with Gasteiger partial charge in [-0.2, -0.15) is 0 Å². The summed E-state index contributed by atoms with van der Waals surface area (Å²) in [4.78, 5) is 9.72. The zero-order valence-electron chi connectivity index (χ0n) is 13.7. The van der Waals surface area contributed by atoms with Crippen LogP contribution in [0.25, 0.3) is 0 Å². The lowest BCUT2D eigenvalue weighted by Gasteiger charge is -2.16. The molecule has 0 amide bonds. The predicted molar refractivity (Wildman–Crippen MR) is 85.8 cm³/mol. The Balaban J connectivity index is 2.17. The third-order valence-corrected chi connectivity index (χ3v) is 4.14. The quantitative estimate of drug-likeness (QED) is 0.748. The third kappa shape index (κ3) is 4.24. The largest absolute Gasteiger partial charge is 0.381 e. The Kier molecular flexibility index (Phi) is 6.58. The molecule has 4 nitrogen and oxygen atoms in total. The first-order valence-corrected chi connectivity index (χ1v) is 8.47. The molecule has 2 rings (SSSR count). The maximum absolute atomic E-state index is 5.49. The molecule has 1 aliphatic rings. The summed E-state index contributed by atoms with van der Waals surface area (Å²) in [7, 11) is 0. The molecule has 0 radical (unpaired) electrons. The molecule has 118 valence electrons. The van der Waals surface area contributed by atoms with Crippen molar-refractivity contribution in [1.82, 2.24) is 15.3 Å². The zero-order valence-corrected chi connectivity index (χ0v) is 13.7. The number of nitrogens with zero attached hydrogens (tertiary/aromatic N) is 2. The maximum Gasteiger partial charge on any atom is 0.134 e. The van der Waals surface area contributed by atoms with Crippen molar-refractivity contribution >= 4 is 0 Å². The average molecular weight is 291 g/mol. The van der Waals surface area contributed by atoms with Gasteiger partial charge in [0.1, 0.15) is 5.82 Å². The van der Waals surface area contributed by atoms with E-state index < -0.39 is 0 Å². The van der Waals surface area contributed by atoms with Crippen LogP contribution in [0.5, 0.6) is 0 Å². The van der Waals surface area contributed by atoms with Crippen LogP contribution in [-0.2, 0) is 24.0 Å². The molecule has 1 N–H and O–H groups in total. The van der Waals surface area contributed by atoms with Crippen LogP contribution in [0.1, 0.15) is 62.3 Å². The summed E-state index contributed by atoms with van der Waals surface area (Å²) in [5.41, 5.74) is 3.84. The van der Waals surface area contributed by atoms with Gasteiger partial charge in [-0.25, -0.2) is 9.97 Å². The fraction of sp³-hybridized carbons (Fsp3) is 0.765. The van der Waals surface area contributed by atoms with Crippen molar-refractivity contribution in [2.24, 2.45) is 0 Å². The van der Waals surface area contributed by atoms with Crippen molar-refractivity contribution in [2.75, 3.05) is 26.3 Å². The molecule has 1 saturated heterocycles. The van der Waals surface area contributed by atoms with E-state index in [0.29, 0.717) is 5.92 Å². The summed E-state index contributed by atoms with van der Waals surface area (Å²) < 4.78 is 5.49. The van der Waals surface area contributed by atoms with E-state index in [1.54, 1.807) is 0 Å². The standard InChI is InChI=1S/C17H29N3O/c1-4-9-18-10-7-14-15(5-2)19-17(20-16(14)6-3)13-8-11-21-12-13/h13,18H,4-12H2,1-3H3. The second-order valence-corrected chi connectivity index (χ2v) is 5.72. The lowest BCUT2D eigenvalue weighted by molar-refractivity contribution is 0.193. The minimum absolute atomic E-state index is 0.396. The van der Waals surface area contributed by atoms with Gasteiger partial charge in [-0.05, 0) is 50.8 Å². The van der Waals surface area contributed by atoms with Crippen LogP contribution in [0.15, 0.2) is 0 Å². The van der Waals surface area contributed by atoms with Crippen molar-refractivity contribution in [2.45, 2.75) is 58.8 Å². The maximum atomic E-state index is 5.49. The van der Waals surface area contributed by atoms with E-state index in [1.807, 2.05) is 0 Å². The molecule has 0 aromatic carbocycles. The van der Waals surface area contributed by atoms with Crippen LogP contribution in [0.3, 0.4) is 0 Å². The van der Waals surface area contributed by atoms with Gasteiger partial charge >= 0.3 is 0 Å². The topological polar surface area (TPSA) is 47.0 Å². The number of nitrogens with one attached hydrogen (secondary N) is 1. The molecule has 4 heteroatoms. The number of ether oxygens (including phenoxy) is 1. The van der Waals surface area contributed by atoms with Crippen LogP contribution < -0.4 is 5.32 Å². The van der Waals surface area contributed by atoms with E-state index in [9.17, 15) is 0 Å². The van der Waals surface area contributed by atoms with Crippen molar-refractivity contribution in [1.29, 1.82) is 0 Å². The molecule has 21 heavy (non-hydrogen) atoms. The molecular formula is C17H29N3O. The smallest absolute Gasteiger partial charge is 0.134 e. The van der Waals surface area contributed by atoms with Gasteiger partial charge in [0, 0.05) is 23.9 Å².